The quantitative estimate of drug-likeness (QED) is 0.835. The van der Waals surface area contributed by atoms with Gasteiger partial charge >= 0.3 is 0 Å². The van der Waals surface area contributed by atoms with Gasteiger partial charge in [0.15, 0.2) is 0 Å². The van der Waals surface area contributed by atoms with Crippen molar-refractivity contribution in [2.24, 2.45) is 5.92 Å². The fourth-order valence-corrected chi connectivity index (χ4v) is 2.64. The van der Waals surface area contributed by atoms with Crippen molar-refractivity contribution in [3.8, 4) is 0 Å². The summed E-state index contributed by atoms with van der Waals surface area (Å²) in [6.07, 6.45) is 1.10. The summed E-state index contributed by atoms with van der Waals surface area (Å²) in [6, 6.07) is 4.75. The summed E-state index contributed by atoms with van der Waals surface area (Å²) in [5, 5.41) is 0. The minimum Gasteiger partial charge on any atom is -0.341 e. The zero-order chi connectivity index (χ0) is 14.0. The van der Waals surface area contributed by atoms with Crippen LogP contribution in [0.2, 0.25) is 0 Å². The van der Waals surface area contributed by atoms with Gasteiger partial charge in [-0.15, -0.1) is 0 Å². The van der Waals surface area contributed by atoms with Crippen LogP contribution < -0.4 is 0 Å². The van der Waals surface area contributed by atoms with Crippen LogP contribution in [0.3, 0.4) is 0 Å². The maximum absolute atomic E-state index is 13.8. The van der Waals surface area contributed by atoms with E-state index in [-0.39, 0.29) is 11.5 Å². The molecule has 1 aromatic rings. The smallest absolute Gasteiger partial charge is 0.256 e. The monoisotopic (exact) mass is 264 g/mol. The SMILES string of the molecule is Cc1ccc(C(=O)N(C)CC2CCN(C)C2)c(F)c1. The highest BCUT2D eigenvalue weighted by atomic mass is 19.1. The second-order valence-corrected chi connectivity index (χ2v) is 5.59. The second-order valence-electron chi connectivity index (χ2n) is 5.59. The van der Waals surface area contributed by atoms with Crippen LogP contribution in [0.4, 0.5) is 4.39 Å². The Balaban J connectivity index is 2.02. The van der Waals surface area contributed by atoms with E-state index in [1.807, 2.05) is 6.92 Å². The van der Waals surface area contributed by atoms with Gasteiger partial charge in [0, 0.05) is 20.1 Å². The van der Waals surface area contributed by atoms with Gasteiger partial charge in [-0.2, -0.15) is 0 Å². The number of amides is 1. The van der Waals surface area contributed by atoms with Crippen molar-refractivity contribution in [1.29, 1.82) is 0 Å². The average molecular weight is 264 g/mol. The lowest BCUT2D eigenvalue weighted by Gasteiger charge is -2.21. The van der Waals surface area contributed by atoms with Gasteiger partial charge in [-0.25, -0.2) is 4.39 Å². The first-order valence-corrected chi connectivity index (χ1v) is 6.67. The molecule has 0 bridgehead atoms. The molecule has 0 saturated carbocycles. The largest absolute Gasteiger partial charge is 0.341 e. The number of rotatable bonds is 3. The molecule has 2 rings (SSSR count). The Kier molecular flexibility index (Phi) is 4.20. The molecular weight excluding hydrogens is 243 g/mol. The molecular formula is C15H21FN2O. The molecule has 1 heterocycles. The summed E-state index contributed by atoms with van der Waals surface area (Å²) < 4.78 is 13.8. The molecule has 1 aromatic carbocycles. The molecule has 1 saturated heterocycles. The van der Waals surface area contributed by atoms with Crippen molar-refractivity contribution >= 4 is 5.91 Å². The lowest BCUT2D eigenvalue weighted by atomic mass is 10.1. The third-order valence-electron chi connectivity index (χ3n) is 3.72. The van der Waals surface area contributed by atoms with Crippen LogP contribution in [0.5, 0.6) is 0 Å². The highest BCUT2D eigenvalue weighted by Crippen LogP contribution is 2.17. The molecule has 0 radical (unpaired) electrons. The zero-order valence-corrected chi connectivity index (χ0v) is 11.8. The van der Waals surface area contributed by atoms with Gasteiger partial charge in [0.05, 0.1) is 5.56 Å². The molecule has 1 amide bonds. The third-order valence-corrected chi connectivity index (χ3v) is 3.72. The van der Waals surface area contributed by atoms with E-state index in [1.54, 1.807) is 24.1 Å². The van der Waals surface area contributed by atoms with E-state index in [2.05, 4.69) is 11.9 Å². The highest BCUT2D eigenvalue weighted by Gasteiger charge is 2.24. The van der Waals surface area contributed by atoms with Gasteiger partial charge < -0.3 is 9.80 Å². The Labute approximate surface area is 114 Å². The van der Waals surface area contributed by atoms with E-state index in [9.17, 15) is 9.18 Å². The summed E-state index contributed by atoms with van der Waals surface area (Å²) >= 11 is 0. The van der Waals surface area contributed by atoms with E-state index in [4.69, 9.17) is 0 Å². The first-order chi connectivity index (χ1) is 8.97. The number of nitrogens with zero attached hydrogens (tertiary/aromatic N) is 2. The third kappa shape index (κ3) is 3.32. The van der Waals surface area contributed by atoms with E-state index in [0.29, 0.717) is 12.5 Å². The van der Waals surface area contributed by atoms with Crippen molar-refractivity contribution < 1.29 is 9.18 Å². The van der Waals surface area contributed by atoms with Crippen LogP contribution >= 0.6 is 0 Å². The van der Waals surface area contributed by atoms with Crippen molar-refractivity contribution in [3.63, 3.8) is 0 Å². The Morgan fingerprint density at radius 3 is 2.84 bits per heavy atom. The Morgan fingerprint density at radius 2 is 2.26 bits per heavy atom. The molecule has 4 heteroatoms. The van der Waals surface area contributed by atoms with Gasteiger partial charge in [0.2, 0.25) is 0 Å². The molecule has 1 atom stereocenters. The molecule has 1 aliphatic heterocycles. The summed E-state index contributed by atoms with van der Waals surface area (Å²) in [4.78, 5) is 16.1. The molecule has 19 heavy (non-hydrogen) atoms. The van der Waals surface area contributed by atoms with Crippen molar-refractivity contribution in [2.75, 3.05) is 33.7 Å². The minimum atomic E-state index is -0.430. The number of carbonyl (C=O) groups is 1. The number of hydrogen-bond acceptors (Lipinski definition) is 2. The molecule has 1 fully saturated rings. The molecule has 0 aliphatic carbocycles. The Morgan fingerprint density at radius 1 is 1.53 bits per heavy atom. The van der Waals surface area contributed by atoms with E-state index in [1.165, 1.54) is 6.07 Å². The van der Waals surface area contributed by atoms with Crippen molar-refractivity contribution in [3.05, 3.63) is 35.1 Å². The summed E-state index contributed by atoms with van der Waals surface area (Å²) in [6.45, 7) is 4.59. The fraction of sp³-hybridized carbons (Fsp3) is 0.533. The van der Waals surface area contributed by atoms with E-state index < -0.39 is 5.82 Å². The van der Waals surface area contributed by atoms with Gasteiger partial charge in [-0.05, 0) is 50.6 Å². The van der Waals surface area contributed by atoms with Crippen LogP contribution in [-0.2, 0) is 0 Å². The molecule has 0 spiro atoms. The van der Waals surface area contributed by atoms with Crippen LogP contribution in [0.25, 0.3) is 0 Å². The van der Waals surface area contributed by atoms with Crippen LogP contribution in [0, 0.1) is 18.7 Å². The lowest BCUT2D eigenvalue weighted by molar-refractivity contribution is 0.0769. The maximum atomic E-state index is 13.8. The Hall–Kier alpha value is -1.42. The predicted molar refractivity (Wildman–Crippen MR) is 73.7 cm³/mol. The lowest BCUT2D eigenvalue weighted by Crippen LogP contribution is -2.33. The van der Waals surface area contributed by atoms with Crippen molar-refractivity contribution in [2.45, 2.75) is 13.3 Å². The van der Waals surface area contributed by atoms with Crippen LogP contribution in [-0.4, -0.2) is 49.4 Å². The number of aryl methyl sites for hydroxylation is 1. The summed E-state index contributed by atoms with van der Waals surface area (Å²) in [7, 11) is 3.83. The predicted octanol–water partition coefficient (Wildman–Crippen LogP) is 2.16. The molecule has 1 unspecified atom stereocenters. The molecule has 0 N–H and O–H groups in total. The number of carbonyl (C=O) groups excluding carboxylic acids is 1. The second kappa shape index (κ2) is 5.70. The first kappa shape index (κ1) is 14.0. The number of hydrogen-bond donors (Lipinski definition) is 0. The summed E-state index contributed by atoms with van der Waals surface area (Å²) in [5.41, 5.74) is 0.994. The van der Waals surface area contributed by atoms with Crippen LogP contribution in [0.15, 0.2) is 18.2 Å². The Bertz CT molecular complexity index is 475. The highest BCUT2D eigenvalue weighted by molar-refractivity contribution is 5.94. The number of halogens is 1. The molecule has 104 valence electrons. The zero-order valence-electron chi connectivity index (χ0n) is 11.8. The molecule has 3 nitrogen and oxygen atoms in total. The minimum absolute atomic E-state index is 0.166. The topological polar surface area (TPSA) is 23.6 Å². The van der Waals surface area contributed by atoms with Gasteiger partial charge in [0.25, 0.3) is 5.91 Å². The normalized spacial score (nSPS) is 19.7. The first-order valence-electron chi connectivity index (χ1n) is 6.67. The maximum Gasteiger partial charge on any atom is 0.256 e. The molecule has 1 aliphatic rings. The number of benzene rings is 1. The summed E-state index contributed by atoms with van der Waals surface area (Å²) in [5.74, 6) is -0.167. The van der Waals surface area contributed by atoms with E-state index in [0.717, 1.165) is 25.1 Å². The van der Waals surface area contributed by atoms with Gasteiger partial charge in [-0.3, -0.25) is 4.79 Å². The average Bonchev–Trinajstić information content (AvgIpc) is 2.74. The van der Waals surface area contributed by atoms with Gasteiger partial charge in [-0.1, -0.05) is 6.07 Å². The fourth-order valence-electron chi connectivity index (χ4n) is 2.64. The van der Waals surface area contributed by atoms with E-state index >= 15 is 0 Å². The van der Waals surface area contributed by atoms with Gasteiger partial charge in [0.1, 0.15) is 5.82 Å². The molecule has 0 aromatic heterocycles. The standard InChI is InChI=1S/C15H21FN2O/c1-11-4-5-13(14(16)8-11)15(19)18(3)10-12-6-7-17(2)9-12/h4-5,8,12H,6-7,9-10H2,1-3H3. The number of likely N-dealkylation sites (tertiary alicyclic amines) is 1. The van der Waals surface area contributed by atoms with Crippen LogP contribution in [0.1, 0.15) is 22.3 Å². The van der Waals surface area contributed by atoms with Crippen molar-refractivity contribution in [1.82, 2.24) is 9.80 Å².